The molecule has 0 fully saturated rings. The Kier molecular flexibility index (Phi) is 2.63. The van der Waals surface area contributed by atoms with Gasteiger partial charge in [0.05, 0.1) is 17.3 Å². The predicted molar refractivity (Wildman–Crippen MR) is 58.4 cm³/mol. The number of nitrogens with one attached hydrogen (secondary N) is 1. The minimum absolute atomic E-state index is 0.115. The molecule has 2 rings (SSSR count). The highest BCUT2D eigenvalue weighted by Gasteiger charge is 2.31. The fourth-order valence-corrected chi connectivity index (χ4v) is 1.67. The van der Waals surface area contributed by atoms with Gasteiger partial charge in [-0.15, -0.1) is 0 Å². The molecule has 0 aliphatic rings. The van der Waals surface area contributed by atoms with Crippen LogP contribution in [-0.4, -0.2) is 22.2 Å². The summed E-state index contributed by atoms with van der Waals surface area (Å²) in [5.74, 6) is 0. The highest BCUT2D eigenvalue weighted by Crippen LogP contribution is 2.23. The fraction of sp³-hybridized carbons (Fsp3) is 0.364. The van der Waals surface area contributed by atoms with E-state index >= 15 is 0 Å². The van der Waals surface area contributed by atoms with Crippen LogP contribution in [0.15, 0.2) is 24.4 Å². The van der Waals surface area contributed by atoms with Gasteiger partial charge in [0.2, 0.25) is 0 Å². The van der Waals surface area contributed by atoms with Crippen LogP contribution in [0.5, 0.6) is 0 Å². The van der Waals surface area contributed by atoms with E-state index in [0.29, 0.717) is 0 Å². The minimum Gasteiger partial charge on any atom is -0.320 e. The third kappa shape index (κ3) is 1.90. The SMILES string of the molecule is CC(N)(Cc1cccc2cn[nH]c12)C(F)F. The average Bonchev–Trinajstić information content (AvgIpc) is 2.65. The number of aromatic nitrogens is 2. The number of para-hydroxylation sites is 1. The molecule has 1 aromatic heterocycles. The smallest absolute Gasteiger partial charge is 0.256 e. The van der Waals surface area contributed by atoms with Crippen molar-refractivity contribution < 1.29 is 8.78 Å². The van der Waals surface area contributed by atoms with E-state index in [0.717, 1.165) is 16.5 Å². The number of nitrogens with zero attached hydrogens (tertiary/aromatic N) is 1. The summed E-state index contributed by atoms with van der Waals surface area (Å²) in [5, 5.41) is 7.59. The Morgan fingerprint density at radius 3 is 2.94 bits per heavy atom. The van der Waals surface area contributed by atoms with Crippen molar-refractivity contribution in [2.24, 2.45) is 5.73 Å². The molecule has 3 nitrogen and oxygen atoms in total. The van der Waals surface area contributed by atoms with Gasteiger partial charge in [-0.05, 0) is 18.9 Å². The molecule has 0 radical (unpaired) electrons. The van der Waals surface area contributed by atoms with Crippen molar-refractivity contribution in [2.45, 2.75) is 25.3 Å². The lowest BCUT2D eigenvalue weighted by atomic mass is 9.93. The first-order valence-corrected chi connectivity index (χ1v) is 4.99. The molecular formula is C11H13F2N3. The molecule has 0 amide bonds. The largest absolute Gasteiger partial charge is 0.320 e. The maximum Gasteiger partial charge on any atom is 0.256 e. The molecule has 1 heterocycles. The molecule has 0 saturated carbocycles. The Morgan fingerprint density at radius 1 is 1.50 bits per heavy atom. The summed E-state index contributed by atoms with van der Waals surface area (Å²) in [7, 11) is 0. The van der Waals surface area contributed by atoms with Crippen LogP contribution in [-0.2, 0) is 6.42 Å². The molecule has 1 atom stereocenters. The first-order valence-electron chi connectivity index (χ1n) is 4.99. The number of alkyl halides is 2. The number of nitrogens with two attached hydrogens (primary N) is 1. The Balaban J connectivity index is 2.37. The minimum atomic E-state index is -2.55. The van der Waals surface area contributed by atoms with Gasteiger partial charge >= 0.3 is 0 Å². The van der Waals surface area contributed by atoms with Gasteiger partial charge in [-0.25, -0.2) is 8.78 Å². The van der Waals surface area contributed by atoms with Crippen molar-refractivity contribution in [3.63, 3.8) is 0 Å². The van der Waals surface area contributed by atoms with E-state index in [9.17, 15) is 8.78 Å². The molecule has 1 aromatic carbocycles. The number of H-pyrrole nitrogens is 1. The maximum atomic E-state index is 12.7. The number of hydrogen-bond acceptors (Lipinski definition) is 2. The molecule has 5 heteroatoms. The molecule has 0 spiro atoms. The summed E-state index contributed by atoms with van der Waals surface area (Å²) in [6, 6.07) is 5.47. The van der Waals surface area contributed by atoms with Crippen LogP contribution in [0.1, 0.15) is 12.5 Å². The standard InChI is InChI=1S/C11H13F2N3/c1-11(14,10(12)13)5-7-3-2-4-8-6-15-16-9(7)8/h2-4,6,10H,5,14H2,1H3,(H,15,16). The van der Waals surface area contributed by atoms with E-state index in [1.165, 1.54) is 6.92 Å². The van der Waals surface area contributed by atoms with Crippen LogP contribution in [0.25, 0.3) is 10.9 Å². The van der Waals surface area contributed by atoms with Crippen LogP contribution in [0, 0.1) is 0 Å². The van der Waals surface area contributed by atoms with Gasteiger partial charge in [-0.1, -0.05) is 18.2 Å². The molecule has 0 aliphatic carbocycles. The van der Waals surface area contributed by atoms with Crippen LogP contribution in [0.3, 0.4) is 0 Å². The van der Waals surface area contributed by atoms with Crippen LogP contribution >= 0.6 is 0 Å². The Labute approximate surface area is 91.6 Å². The van der Waals surface area contributed by atoms with Crippen molar-refractivity contribution in [3.05, 3.63) is 30.0 Å². The molecule has 0 bridgehead atoms. The molecular weight excluding hydrogens is 212 g/mol. The van der Waals surface area contributed by atoms with E-state index in [4.69, 9.17) is 5.73 Å². The van der Waals surface area contributed by atoms with Crippen molar-refractivity contribution >= 4 is 10.9 Å². The highest BCUT2D eigenvalue weighted by atomic mass is 19.3. The zero-order chi connectivity index (χ0) is 11.8. The molecule has 1 unspecified atom stereocenters. The molecule has 3 N–H and O–H groups in total. The summed E-state index contributed by atoms with van der Waals surface area (Å²) >= 11 is 0. The molecule has 2 aromatic rings. The molecule has 0 saturated heterocycles. The predicted octanol–water partition coefficient (Wildman–Crippen LogP) is 2.09. The first kappa shape index (κ1) is 11.0. The summed E-state index contributed by atoms with van der Waals surface area (Å²) in [4.78, 5) is 0. The van der Waals surface area contributed by atoms with E-state index in [1.54, 1.807) is 12.3 Å². The number of benzene rings is 1. The molecule has 16 heavy (non-hydrogen) atoms. The van der Waals surface area contributed by atoms with Crippen LogP contribution in [0.4, 0.5) is 8.78 Å². The van der Waals surface area contributed by atoms with Gasteiger partial charge in [0, 0.05) is 5.39 Å². The van der Waals surface area contributed by atoms with Crippen molar-refractivity contribution in [2.75, 3.05) is 0 Å². The molecule has 0 aliphatic heterocycles. The topological polar surface area (TPSA) is 54.7 Å². The zero-order valence-corrected chi connectivity index (χ0v) is 8.87. The lowest BCUT2D eigenvalue weighted by Gasteiger charge is -2.23. The van der Waals surface area contributed by atoms with Crippen LogP contribution < -0.4 is 5.73 Å². The monoisotopic (exact) mass is 225 g/mol. The summed E-state index contributed by atoms with van der Waals surface area (Å²) in [6.45, 7) is 1.35. The number of fused-ring (bicyclic) bond motifs is 1. The number of rotatable bonds is 3. The van der Waals surface area contributed by atoms with Crippen molar-refractivity contribution in [1.82, 2.24) is 10.2 Å². The maximum absolute atomic E-state index is 12.7. The summed E-state index contributed by atoms with van der Waals surface area (Å²) in [5.41, 5.74) is 5.59. The summed E-state index contributed by atoms with van der Waals surface area (Å²) < 4.78 is 25.3. The van der Waals surface area contributed by atoms with E-state index in [1.807, 2.05) is 12.1 Å². The summed E-state index contributed by atoms with van der Waals surface area (Å²) in [6.07, 6.45) is -0.773. The lowest BCUT2D eigenvalue weighted by molar-refractivity contribution is 0.0641. The van der Waals surface area contributed by atoms with Gasteiger partial charge in [-0.3, -0.25) is 5.10 Å². The second-order valence-corrected chi connectivity index (χ2v) is 4.23. The fourth-order valence-electron chi connectivity index (χ4n) is 1.67. The second kappa shape index (κ2) is 3.83. The average molecular weight is 225 g/mol. The highest BCUT2D eigenvalue weighted by molar-refractivity contribution is 5.81. The van der Waals surface area contributed by atoms with E-state index < -0.39 is 12.0 Å². The Morgan fingerprint density at radius 2 is 2.25 bits per heavy atom. The number of aromatic amines is 1. The quantitative estimate of drug-likeness (QED) is 0.840. The third-order valence-corrected chi connectivity index (χ3v) is 2.63. The first-order chi connectivity index (χ1) is 7.50. The van der Waals surface area contributed by atoms with Gasteiger partial charge < -0.3 is 5.73 Å². The number of hydrogen-bond donors (Lipinski definition) is 2. The Bertz CT molecular complexity index is 491. The second-order valence-electron chi connectivity index (χ2n) is 4.23. The van der Waals surface area contributed by atoms with Gasteiger partial charge in [-0.2, -0.15) is 5.10 Å². The van der Waals surface area contributed by atoms with Gasteiger partial charge in [0.25, 0.3) is 6.43 Å². The van der Waals surface area contributed by atoms with E-state index in [2.05, 4.69) is 10.2 Å². The lowest BCUT2D eigenvalue weighted by Crippen LogP contribution is -2.45. The Hall–Kier alpha value is -1.49. The third-order valence-electron chi connectivity index (χ3n) is 2.63. The molecule has 86 valence electrons. The van der Waals surface area contributed by atoms with Gasteiger partial charge in [0.1, 0.15) is 0 Å². The number of halogens is 2. The van der Waals surface area contributed by atoms with Crippen molar-refractivity contribution in [3.8, 4) is 0 Å². The zero-order valence-electron chi connectivity index (χ0n) is 8.87. The van der Waals surface area contributed by atoms with Gasteiger partial charge in [0.15, 0.2) is 0 Å². The van der Waals surface area contributed by atoms with Crippen LogP contribution in [0.2, 0.25) is 0 Å². The normalized spacial score (nSPS) is 15.6. The van der Waals surface area contributed by atoms with Crippen molar-refractivity contribution in [1.29, 1.82) is 0 Å². The van der Waals surface area contributed by atoms with E-state index in [-0.39, 0.29) is 6.42 Å².